The van der Waals surface area contributed by atoms with Crippen molar-refractivity contribution in [3.05, 3.63) is 30.7 Å². The molecule has 0 aromatic carbocycles. The predicted molar refractivity (Wildman–Crippen MR) is 82.5 cm³/mol. The van der Waals surface area contributed by atoms with Crippen molar-refractivity contribution in [2.75, 3.05) is 19.7 Å². The molecule has 0 radical (unpaired) electrons. The molecule has 0 bridgehead atoms. The van der Waals surface area contributed by atoms with Crippen molar-refractivity contribution in [3.8, 4) is 6.01 Å². The van der Waals surface area contributed by atoms with Crippen LogP contribution in [0.3, 0.4) is 0 Å². The maximum atomic E-state index is 12.9. The zero-order chi connectivity index (χ0) is 17.5. The van der Waals surface area contributed by atoms with E-state index >= 15 is 0 Å². The van der Waals surface area contributed by atoms with Gasteiger partial charge in [-0.2, -0.15) is 4.31 Å². The standard InChI is InChI=1S/C15H17FN4O4S/c16-12-4-17-14(18-5-12)23-10-15-3-1-2-11(15)7-20(9-15)25(21,22)13-6-19-24-8-13/h4-6,8,11H,1-3,7,9-10H2. The normalized spacial score (nSPS) is 26.7. The minimum Gasteiger partial charge on any atom is -0.463 e. The van der Waals surface area contributed by atoms with Crippen molar-refractivity contribution in [1.29, 1.82) is 0 Å². The second-order valence-electron chi connectivity index (χ2n) is 6.58. The van der Waals surface area contributed by atoms with Crippen molar-refractivity contribution >= 4 is 10.0 Å². The third-order valence-corrected chi connectivity index (χ3v) is 6.90. The average Bonchev–Trinajstić information content (AvgIpc) is 3.30. The van der Waals surface area contributed by atoms with Crippen LogP contribution in [0.1, 0.15) is 19.3 Å². The van der Waals surface area contributed by atoms with Crippen LogP contribution in [0.25, 0.3) is 0 Å². The zero-order valence-electron chi connectivity index (χ0n) is 13.3. The summed E-state index contributed by atoms with van der Waals surface area (Å²) in [6.45, 7) is 1.12. The lowest BCUT2D eigenvalue weighted by Gasteiger charge is -2.28. The highest BCUT2D eigenvalue weighted by atomic mass is 32.2. The Kier molecular flexibility index (Phi) is 3.95. The van der Waals surface area contributed by atoms with E-state index in [1.54, 1.807) is 0 Å². The van der Waals surface area contributed by atoms with Crippen molar-refractivity contribution in [1.82, 2.24) is 19.4 Å². The lowest BCUT2D eigenvalue weighted by atomic mass is 9.82. The fourth-order valence-corrected chi connectivity index (χ4v) is 5.28. The Morgan fingerprint density at radius 3 is 2.88 bits per heavy atom. The Morgan fingerprint density at radius 2 is 2.16 bits per heavy atom. The van der Waals surface area contributed by atoms with E-state index in [2.05, 4.69) is 19.6 Å². The molecule has 25 heavy (non-hydrogen) atoms. The molecule has 1 saturated carbocycles. The molecule has 4 rings (SSSR count). The van der Waals surface area contributed by atoms with E-state index in [9.17, 15) is 12.8 Å². The van der Waals surface area contributed by atoms with Crippen LogP contribution < -0.4 is 4.74 Å². The van der Waals surface area contributed by atoms with Crippen LogP contribution in [0.15, 0.2) is 34.3 Å². The molecule has 2 aliphatic rings. The van der Waals surface area contributed by atoms with Gasteiger partial charge in [0.2, 0.25) is 10.0 Å². The topological polar surface area (TPSA) is 98.4 Å². The summed E-state index contributed by atoms with van der Waals surface area (Å²) >= 11 is 0. The minimum atomic E-state index is -3.62. The number of rotatable bonds is 5. The zero-order valence-corrected chi connectivity index (χ0v) is 14.2. The third-order valence-electron chi connectivity index (χ3n) is 5.14. The number of halogens is 1. The molecular weight excluding hydrogens is 351 g/mol. The Morgan fingerprint density at radius 1 is 1.36 bits per heavy atom. The molecule has 0 spiro atoms. The van der Waals surface area contributed by atoms with Crippen molar-refractivity contribution < 1.29 is 22.1 Å². The van der Waals surface area contributed by atoms with E-state index in [4.69, 9.17) is 4.74 Å². The van der Waals surface area contributed by atoms with Gasteiger partial charge in [0.05, 0.1) is 25.2 Å². The lowest BCUT2D eigenvalue weighted by molar-refractivity contribution is 0.125. The fourth-order valence-electron chi connectivity index (χ4n) is 3.84. The van der Waals surface area contributed by atoms with Gasteiger partial charge in [0, 0.05) is 18.5 Å². The Labute approximate surface area is 144 Å². The van der Waals surface area contributed by atoms with Gasteiger partial charge in [-0.15, -0.1) is 0 Å². The summed E-state index contributed by atoms with van der Waals surface area (Å²) in [5, 5.41) is 3.48. The molecule has 8 nitrogen and oxygen atoms in total. The fraction of sp³-hybridized carbons (Fsp3) is 0.533. The van der Waals surface area contributed by atoms with Gasteiger partial charge in [0.15, 0.2) is 5.82 Å². The summed E-state index contributed by atoms with van der Waals surface area (Å²) in [5.74, 6) is -0.321. The summed E-state index contributed by atoms with van der Waals surface area (Å²) in [6, 6.07) is 0.0989. The third kappa shape index (κ3) is 2.89. The second kappa shape index (κ2) is 6.03. The van der Waals surface area contributed by atoms with E-state index in [1.165, 1.54) is 10.5 Å². The Bertz CT molecular complexity index is 843. The number of hydrogen-bond acceptors (Lipinski definition) is 7. The van der Waals surface area contributed by atoms with E-state index in [-0.39, 0.29) is 22.2 Å². The van der Waals surface area contributed by atoms with Crippen LogP contribution in [0.5, 0.6) is 6.01 Å². The molecule has 1 aliphatic heterocycles. The number of nitrogens with zero attached hydrogens (tertiary/aromatic N) is 4. The van der Waals surface area contributed by atoms with E-state index in [1.807, 2.05) is 0 Å². The molecule has 0 amide bonds. The van der Waals surface area contributed by atoms with Gasteiger partial charge in [-0.25, -0.2) is 22.8 Å². The highest BCUT2D eigenvalue weighted by molar-refractivity contribution is 7.89. The molecular formula is C15H17FN4O4S. The van der Waals surface area contributed by atoms with E-state index in [0.717, 1.165) is 37.9 Å². The molecule has 2 atom stereocenters. The molecule has 0 N–H and O–H groups in total. The summed E-state index contributed by atoms with van der Waals surface area (Å²) < 4.78 is 50.1. The monoisotopic (exact) mass is 368 g/mol. The highest BCUT2D eigenvalue weighted by Gasteiger charge is 2.53. The van der Waals surface area contributed by atoms with E-state index < -0.39 is 15.8 Å². The van der Waals surface area contributed by atoms with E-state index in [0.29, 0.717) is 19.7 Å². The van der Waals surface area contributed by atoms with Gasteiger partial charge in [-0.3, -0.25) is 0 Å². The van der Waals surface area contributed by atoms with Crippen LogP contribution in [0.4, 0.5) is 4.39 Å². The number of sulfonamides is 1. The Hall–Kier alpha value is -2.07. The summed E-state index contributed by atoms with van der Waals surface area (Å²) in [5.41, 5.74) is -0.276. The van der Waals surface area contributed by atoms with Crippen LogP contribution in [-0.2, 0) is 10.0 Å². The highest BCUT2D eigenvalue weighted by Crippen LogP contribution is 2.50. The van der Waals surface area contributed by atoms with Gasteiger partial charge >= 0.3 is 6.01 Å². The van der Waals surface area contributed by atoms with Crippen LogP contribution in [-0.4, -0.2) is 47.5 Å². The summed E-state index contributed by atoms with van der Waals surface area (Å²) in [6.07, 6.45) is 7.28. The predicted octanol–water partition coefficient (Wildman–Crippen LogP) is 1.47. The molecule has 1 saturated heterocycles. The maximum absolute atomic E-state index is 12.9. The first-order valence-corrected chi connectivity index (χ1v) is 9.43. The molecule has 2 unspecified atom stereocenters. The summed E-state index contributed by atoms with van der Waals surface area (Å²) in [4.78, 5) is 7.66. The number of fused-ring (bicyclic) bond motifs is 1. The van der Waals surface area contributed by atoms with Gasteiger partial charge in [0.25, 0.3) is 0 Å². The first-order chi connectivity index (χ1) is 12.0. The minimum absolute atomic E-state index is 0.0606. The second-order valence-corrected chi connectivity index (χ2v) is 8.52. The van der Waals surface area contributed by atoms with Crippen molar-refractivity contribution in [2.45, 2.75) is 24.2 Å². The molecule has 2 fully saturated rings. The molecule has 10 heteroatoms. The van der Waals surface area contributed by atoms with Crippen LogP contribution in [0.2, 0.25) is 0 Å². The largest absolute Gasteiger partial charge is 0.463 e. The SMILES string of the molecule is O=S(=O)(c1cnoc1)N1CC2CCCC2(COc2ncc(F)cn2)C1. The number of ether oxygens (including phenoxy) is 1. The first kappa shape index (κ1) is 16.4. The molecule has 3 heterocycles. The van der Waals surface area contributed by atoms with Crippen molar-refractivity contribution in [3.63, 3.8) is 0 Å². The Balaban J connectivity index is 1.51. The smallest absolute Gasteiger partial charge is 0.316 e. The van der Waals surface area contributed by atoms with Crippen LogP contribution in [0, 0.1) is 17.2 Å². The molecule has 2 aromatic heterocycles. The van der Waals surface area contributed by atoms with Gasteiger partial charge in [0.1, 0.15) is 11.2 Å². The number of hydrogen-bond donors (Lipinski definition) is 0. The lowest BCUT2D eigenvalue weighted by Crippen LogP contribution is -2.35. The van der Waals surface area contributed by atoms with Gasteiger partial charge in [-0.05, 0) is 18.8 Å². The first-order valence-electron chi connectivity index (χ1n) is 7.99. The summed E-state index contributed by atoms with van der Waals surface area (Å²) in [7, 11) is -3.62. The van der Waals surface area contributed by atoms with Crippen LogP contribution >= 0.6 is 0 Å². The molecule has 134 valence electrons. The van der Waals surface area contributed by atoms with Crippen molar-refractivity contribution in [2.24, 2.45) is 11.3 Å². The van der Waals surface area contributed by atoms with Gasteiger partial charge < -0.3 is 9.26 Å². The molecule has 1 aliphatic carbocycles. The quantitative estimate of drug-likeness (QED) is 0.788. The maximum Gasteiger partial charge on any atom is 0.316 e. The average molecular weight is 368 g/mol. The van der Waals surface area contributed by atoms with Gasteiger partial charge in [-0.1, -0.05) is 11.6 Å². The molecule has 2 aromatic rings. The number of aromatic nitrogens is 3.